The van der Waals surface area contributed by atoms with Crippen LogP contribution < -0.4 is 14.8 Å². The third-order valence-corrected chi connectivity index (χ3v) is 5.56. The molecule has 0 bridgehead atoms. The van der Waals surface area contributed by atoms with Crippen molar-refractivity contribution < 1.29 is 29.0 Å². The number of nitrogens with zero attached hydrogens (tertiary/aromatic N) is 1. The summed E-state index contributed by atoms with van der Waals surface area (Å²) >= 11 is 0. The lowest BCUT2D eigenvalue weighted by molar-refractivity contribution is -0.141. The van der Waals surface area contributed by atoms with Crippen molar-refractivity contribution >= 4 is 23.5 Å². The maximum absolute atomic E-state index is 13.0. The van der Waals surface area contributed by atoms with Crippen LogP contribution >= 0.6 is 0 Å². The molecule has 2 amide bonds. The molecule has 1 aliphatic heterocycles. The number of amides is 2. The molecule has 1 aromatic carbocycles. The van der Waals surface area contributed by atoms with Gasteiger partial charge in [0.1, 0.15) is 0 Å². The second-order valence-electron chi connectivity index (χ2n) is 7.29. The third-order valence-electron chi connectivity index (χ3n) is 5.56. The van der Waals surface area contributed by atoms with Crippen LogP contribution in [0.5, 0.6) is 11.5 Å². The fourth-order valence-electron chi connectivity index (χ4n) is 3.93. The quantitative estimate of drug-likeness (QED) is 0.773. The molecule has 3 rings (SSSR count). The highest BCUT2D eigenvalue weighted by atomic mass is 16.5. The van der Waals surface area contributed by atoms with Crippen LogP contribution in [0.25, 0.3) is 0 Å². The van der Waals surface area contributed by atoms with Gasteiger partial charge in [-0.25, -0.2) is 0 Å². The summed E-state index contributed by atoms with van der Waals surface area (Å²) in [5.74, 6) is -1.36. The van der Waals surface area contributed by atoms with Crippen molar-refractivity contribution in [2.24, 2.45) is 11.8 Å². The van der Waals surface area contributed by atoms with Crippen LogP contribution in [0.15, 0.2) is 12.1 Å². The lowest BCUT2D eigenvalue weighted by Gasteiger charge is -2.21. The highest BCUT2D eigenvalue weighted by Crippen LogP contribution is 2.36. The van der Waals surface area contributed by atoms with E-state index in [4.69, 9.17) is 14.6 Å². The molecule has 2 N–H and O–H groups in total. The van der Waals surface area contributed by atoms with Crippen LogP contribution in [0, 0.1) is 11.8 Å². The van der Waals surface area contributed by atoms with Crippen molar-refractivity contribution in [2.45, 2.75) is 32.1 Å². The number of hydrogen-bond acceptors (Lipinski definition) is 5. The van der Waals surface area contributed by atoms with Crippen LogP contribution in [0.2, 0.25) is 0 Å². The first-order chi connectivity index (χ1) is 13.4. The molecule has 2 atom stereocenters. The topological polar surface area (TPSA) is 105 Å². The highest BCUT2D eigenvalue weighted by Gasteiger charge is 2.34. The fourth-order valence-corrected chi connectivity index (χ4v) is 3.93. The van der Waals surface area contributed by atoms with Gasteiger partial charge < -0.3 is 24.8 Å². The van der Waals surface area contributed by atoms with E-state index in [1.807, 2.05) is 0 Å². The van der Waals surface area contributed by atoms with E-state index in [0.717, 1.165) is 12.8 Å². The molecule has 8 heteroatoms. The molecule has 0 radical (unpaired) electrons. The monoisotopic (exact) mass is 390 g/mol. The first-order valence-corrected chi connectivity index (χ1v) is 9.53. The Morgan fingerprint density at radius 2 is 1.64 bits per heavy atom. The fraction of sp³-hybridized carbons (Fsp3) is 0.550. The van der Waals surface area contributed by atoms with Gasteiger partial charge in [-0.05, 0) is 38.2 Å². The molecule has 1 saturated heterocycles. The number of methoxy groups -OCH3 is 2. The number of nitrogens with one attached hydrogen (secondary N) is 1. The van der Waals surface area contributed by atoms with E-state index >= 15 is 0 Å². The number of likely N-dealkylation sites (tertiary alicyclic amines) is 1. The minimum Gasteiger partial charge on any atom is -0.493 e. The lowest BCUT2D eigenvalue weighted by atomic mass is 10.0. The predicted octanol–water partition coefficient (Wildman–Crippen LogP) is 2.38. The number of anilines is 1. The second-order valence-corrected chi connectivity index (χ2v) is 7.29. The number of carbonyl (C=O) groups excluding carboxylic acids is 2. The smallest absolute Gasteiger partial charge is 0.306 e. The Morgan fingerprint density at radius 3 is 2.21 bits per heavy atom. The molecule has 2 aliphatic rings. The largest absolute Gasteiger partial charge is 0.493 e. The van der Waals surface area contributed by atoms with E-state index < -0.39 is 11.9 Å². The average Bonchev–Trinajstić information content (AvgIpc) is 3.38. The Morgan fingerprint density at radius 1 is 1.04 bits per heavy atom. The van der Waals surface area contributed by atoms with Crippen molar-refractivity contribution in [1.82, 2.24) is 4.90 Å². The molecule has 2 fully saturated rings. The summed E-state index contributed by atoms with van der Waals surface area (Å²) in [6, 6.07) is 3.17. The van der Waals surface area contributed by atoms with Gasteiger partial charge in [-0.2, -0.15) is 0 Å². The van der Waals surface area contributed by atoms with Crippen LogP contribution in [0.1, 0.15) is 42.5 Å². The predicted molar refractivity (Wildman–Crippen MR) is 102 cm³/mol. The Hall–Kier alpha value is -2.77. The van der Waals surface area contributed by atoms with Gasteiger partial charge in [-0.3, -0.25) is 14.4 Å². The second kappa shape index (κ2) is 8.50. The van der Waals surface area contributed by atoms with Gasteiger partial charge >= 0.3 is 5.97 Å². The Labute approximate surface area is 163 Å². The zero-order valence-electron chi connectivity index (χ0n) is 16.2. The first kappa shape index (κ1) is 20.0. The van der Waals surface area contributed by atoms with E-state index in [-0.39, 0.29) is 17.7 Å². The minimum absolute atomic E-state index is 0.163. The van der Waals surface area contributed by atoms with E-state index in [0.29, 0.717) is 55.1 Å². The van der Waals surface area contributed by atoms with Crippen LogP contribution in [-0.2, 0) is 9.59 Å². The Kier molecular flexibility index (Phi) is 6.06. The Balaban J connectivity index is 1.86. The number of carboxylic acid groups (broad SMARTS) is 1. The SMILES string of the molecule is COc1cc(NC(=O)[C@@H]2CC[C@H](C(=O)O)C2)c(C(=O)N2CCCC2)cc1OC. The van der Waals surface area contributed by atoms with E-state index in [9.17, 15) is 14.4 Å². The molecule has 0 unspecified atom stereocenters. The number of ether oxygens (including phenoxy) is 2. The molecule has 0 spiro atoms. The summed E-state index contributed by atoms with van der Waals surface area (Å²) in [5.41, 5.74) is 0.707. The molecule has 28 heavy (non-hydrogen) atoms. The van der Waals surface area contributed by atoms with E-state index in [1.165, 1.54) is 14.2 Å². The van der Waals surface area contributed by atoms with Gasteiger partial charge in [0.15, 0.2) is 11.5 Å². The molecule has 8 nitrogen and oxygen atoms in total. The van der Waals surface area contributed by atoms with Crippen molar-refractivity contribution in [3.05, 3.63) is 17.7 Å². The summed E-state index contributed by atoms with van der Waals surface area (Å²) in [4.78, 5) is 38.6. The van der Waals surface area contributed by atoms with Crippen LogP contribution in [-0.4, -0.2) is 55.1 Å². The summed E-state index contributed by atoms with van der Waals surface area (Å²) < 4.78 is 10.6. The number of benzene rings is 1. The number of carbonyl (C=O) groups is 3. The summed E-state index contributed by atoms with van der Waals surface area (Å²) in [6.07, 6.45) is 3.23. The summed E-state index contributed by atoms with van der Waals surface area (Å²) in [5, 5.41) is 12.0. The molecule has 1 heterocycles. The zero-order chi connectivity index (χ0) is 20.3. The number of rotatable bonds is 6. The normalized spacial score (nSPS) is 21.4. The zero-order valence-corrected chi connectivity index (χ0v) is 16.2. The van der Waals surface area contributed by atoms with Gasteiger partial charge in [0.25, 0.3) is 5.91 Å². The first-order valence-electron chi connectivity index (χ1n) is 9.53. The average molecular weight is 390 g/mol. The molecular formula is C20H26N2O6. The minimum atomic E-state index is -0.869. The number of carboxylic acids is 1. The van der Waals surface area contributed by atoms with Crippen molar-refractivity contribution in [1.29, 1.82) is 0 Å². The van der Waals surface area contributed by atoms with Crippen molar-refractivity contribution in [3.8, 4) is 11.5 Å². The molecule has 152 valence electrons. The van der Waals surface area contributed by atoms with E-state index in [2.05, 4.69) is 5.32 Å². The molecule has 1 aliphatic carbocycles. The number of hydrogen-bond donors (Lipinski definition) is 2. The van der Waals surface area contributed by atoms with Gasteiger partial charge in [-0.15, -0.1) is 0 Å². The highest BCUT2D eigenvalue weighted by molar-refractivity contribution is 6.05. The van der Waals surface area contributed by atoms with Gasteiger partial charge in [0.2, 0.25) is 5.91 Å². The van der Waals surface area contributed by atoms with Crippen molar-refractivity contribution in [2.75, 3.05) is 32.6 Å². The molecule has 0 aromatic heterocycles. The maximum Gasteiger partial charge on any atom is 0.306 e. The van der Waals surface area contributed by atoms with Crippen LogP contribution in [0.4, 0.5) is 5.69 Å². The number of aliphatic carboxylic acids is 1. The molecule has 1 saturated carbocycles. The molecule has 1 aromatic rings. The van der Waals surface area contributed by atoms with E-state index in [1.54, 1.807) is 17.0 Å². The maximum atomic E-state index is 13.0. The molecular weight excluding hydrogens is 364 g/mol. The lowest BCUT2D eigenvalue weighted by Crippen LogP contribution is -2.29. The van der Waals surface area contributed by atoms with Gasteiger partial charge in [-0.1, -0.05) is 0 Å². The van der Waals surface area contributed by atoms with Gasteiger partial charge in [0.05, 0.1) is 31.4 Å². The van der Waals surface area contributed by atoms with Crippen LogP contribution in [0.3, 0.4) is 0 Å². The summed E-state index contributed by atoms with van der Waals surface area (Å²) in [6.45, 7) is 1.37. The third kappa shape index (κ3) is 4.05. The van der Waals surface area contributed by atoms with Crippen molar-refractivity contribution in [3.63, 3.8) is 0 Å². The Bertz CT molecular complexity index is 772. The standard InChI is InChI=1S/C20H26N2O6/c1-27-16-10-14(19(24)22-7-3-4-8-22)15(11-17(16)28-2)21-18(23)12-5-6-13(9-12)20(25)26/h10-13H,3-9H2,1-2H3,(H,21,23)(H,25,26)/t12-,13+/m1/s1. The summed E-state index contributed by atoms with van der Waals surface area (Å²) in [7, 11) is 2.98. The van der Waals surface area contributed by atoms with Gasteiger partial charge in [0, 0.05) is 25.1 Å².